The Balaban J connectivity index is 1.58. The third kappa shape index (κ3) is 2.03. The lowest BCUT2D eigenvalue weighted by Gasteiger charge is -2.31. The highest BCUT2D eigenvalue weighted by Gasteiger charge is 2.47. The minimum atomic E-state index is 0.981. The van der Waals surface area contributed by atoms with Gasteiger partial charge in [0, 0.05) is 0 Å². The predicted molar refractivity (Wildman–Crippen MR) is 72.8 cm³/mol. The summed E-state index contributed by atoms with van der Waals surface area (Å²) in [6, 6.07) is 11.0. The van der Waals surface area contributed by atoms with Crippen LogP contribution in [0.4, 0.5) is 0 Å². The van der Waals surface area contributed by atoms with Crippen LogP contribution in [0, 0.1) is 29.6 Å². The minimum absolute atomic E-state index is 0.981. The predicted octanol–water partition coefficient (Wildman–Crippen LogP) is 4.55. The van der Waals surface area contributed by atoms with Crippen LogP contribution in [0.15, 0.2) is 30.3 Å². The highest BCUT2D eigenvalue weighted by Crippen LogP contribution is 2.55. The van der Waals surface area contributed by atoms with Gasteiger partial charge in [0.2, 0.25) is 0 Å². The summed E-state index contributed by atoms with van der Waals surface area (Å²) in [7, 11) is 0. The van der Waals surface area contributed by atoms with Crippen LogP contribution >= 0.6 is 0 Å². The Bertz CT molecular complexity index is 365. The van der Waals surface area contributed by atoms with E-state index in [2.05, 4.69) is 44.2 Å². The molecule has 0 heterocycles. The molecule has 0 amide bonds. The highest BCUT2D eigenvalue weighted by atomic mass is 14.5. The third-order valence-corrected chi connectivity index (χ3v) is 5.68. The van der Waals surface area contributed by atoms with Crippen molar-refractivity contribution in [3.05, 3.63) is 35.9 Å². The van der Waals surface area contributed by atoms with E-state index >= 15 is 0 Å². The van der Waals surface area contributed by atoms with Crippen molar-refractivity contribution in [1.29, 1.82) is 0 Å². The van der Waals surface area contributed by atoms with Crippen molar-refractivity contribution >= 4 is 0 Å². The van der Waals surface area contributed by atoms with Gasteiger partial charge in [-0.25, -0.2) is 0 Å². The second kappa shape index (κ2) is 4.48. The van der Waals surface area contributed by atoms with E-state index in [0.29, 0.717) is 0 Å². The molecule has 0 N–H and O–H groups in total. The Kier molecular flexibility index (Phi) is 2.98. The van der Waals surface area contributed by atoms with Crippen molar-refractivity contribution in [3.63, 3.8) is 0 Å². The summed E-state index contributed by atoms with van der Waals surface area (Å²) < 4.78 is 0. The molecule has 2 saturated carbocycles. The first kappa shape index (κ1) is 11.3. The van der Waals surface area contributed by atoms with Crippen molar-refractivity contribution < 1.29 is 0 Å². The summed E-state index contributed by atoms with van der Waals surface area (Å²) in [5, 5.41) is 0. The van der Waals surface area contributed by atoms with Gasteiger partial charge in [-0.2, -0.15) is 0 Å². The number of fused-ring (bicyclic) bond motifs is 2. The SMILES string of the molecule is CC1C2CC(CCc3ccccc3)C(C2)C1C. The maximum atomic E-state index is 2.49. The van der Waals surface area contributed by atoms with Gasteiger partial charge in [0.1, 0.15) is 0 Å². The molecule has 5 atom stereocenters. The average Bonchev–Trinajstić information content (AvgIpc) is 2.89. The molecular formula is C17H24. The normalized spacial score (nSPS) is 39.8. The summed E-state index contributed by atoms with van der Waals surface area (Å²) in [5.41, 5.74) is 1.52. The first-order chi connectivity index (χ1) is 8.25. The van der Waals surface area contributed by atoms with E-state index in [9.17, 15) is 0 Å². The first-order valence-electron chi connectivity index (χ1n) is 7.29. The largest absolute Gasteiger partial charge is 0.0622 e. The topological polar surface area (TPSA) is 0 Å². The van der Waals surface area contributed by atoms with Crippen LogP contribution in [-0.2, 0) is 6.42 Å². The van der Waals surface area contributed by atoms with Crippen LogP contribution in [0.2, 0.25) is 0 Å². The molecule has 5 unspecified atom stereocenters. The fraction of sp³-hybridized carbons (Fsp3) is 0.647. The molecule has 0 heteroatoms. The fourth-order valence-electron chi connectivity index (χ4n) is 4.42. The molecule has 92 valence electrons. The van der Waals surface area contributed by atoms with E-state index < -0.39 is 0 Å². The molecule has 0 saturated heterocycles. The molecule has 0 nitrogen and oxygen atoms in total. The molecule has 2 aliphatic carbocycles. The third-order valence-electron chi connectivity index (χ3n) is 5.68. The molecule has 2 fully saturated rings. The zero-order valence-electron chi connectivity index (χ0n) is 11.1. The van der Waals surface area contributed by atoms with E-state index in [0.717, 1.165) is 29.6 Å². The molecule has 3 rings (SSSR count). The average molecular weight is 228 g/mol. The lowest BCUT2D eigenvalue weighted by atomic mass is 9.74. The number of hydrogen-bond acceptors (Lipinski definition) is 0. The monoisotopic (exact) mass is 228 g/mol. The Labute approximate surface area is 105 Å². The molecule has 0 spiro atoms. The van der Waals surface area contributed by atoms with Gasteiger partial charge < -0.3 is 0 Å². The first-order valence-corrected chi connectivity index (χ1v) is 7.29. The Morgan fingerprint density at radius 2 is 1.76 bits per heavy atom. The standard InChI is InChI=1S/C17H24/c1-12-13(2)17-11-16(12)10-15(17)9-8-14-6-4-3-5-7-14/h3-7,12-13,15-17H,8-11H2,1-2H3. The summed E-state index contributed by atoms with van der Waals surface area (Å²) in [5.74, 6) is 5.09. The van der Waals surface area contributed by atoms with Crippen LogP contribution in [-0.4, -0.2) is 0 Å². The summed E-state index contributed by atoms with van der Waals surface area (Å²) >= 11 is 0. The Morgan fingerprint density at radius 1 is 1.00 bits per heavy atom. The maximum Gasteiger partial charge on any atom is -0.0276 e. The molecular weight excluding hydrogens is 204 g/mol. The summed E-state index contributed by atoms with van der Waals surface area (Å²) in [6.07, 6.45) is 5.75. The van der Waals surface area contributed by atoms with Gasteiger partial charge in [0.25, 0.3) is 0 Å². The molecule has 2 bridgehead atoms. The number of hydrogen-bond donors (Lipinski definition) is 0. The minimum Gasteiger partial charge on any atom is -0.0622 e. The molecule has 1 aromatic rings. The van der Waals surface area contributed by atoms with Crippen LogP contribution < -0.4 is 0 Å². The molecule has 17 heavy (non-hydrogen) atoms. The van der Waals surface area contributed by atoms with E-state index in [1.165, 1.54) is 31.2 Å². The fourth-order valence-corrected chi connectivity index (χ4v) is 4.42. The van der Waals surface area contributed by atoms with Crippen molar-refractivity contribution in [2.24, 2.45) is 29.6 Å². The van der Waals surface area contributed by atoms with Gasteiger partial charge in [-0.1, -0.05) is 44.2 Å². The lowest BCUT2D eigenvalue weighted by Crippen LogP contribution is -2.24. The van der Waals surface area contributed by atoms with Crippen LogP contribution in [0.25, 0.3) is 0 Å². The number of rotatable bonds is 3. The van der Waals surface area contributed by atoms with Gasteiger partial charge >= 0.3 is 0 Å². The molecule has 2 aliphatic rings. The van der Waals surface area contributed by atoms with Crippen LogP contribution in [0.5, 0.6) is 0 Å². The maximum absolute atomic E-state index is 2.49. The molecule has 1 aromatic carbocycles. The van der Waals surface area contributed by atoms with Gasteiger partial charge in [-0.05, 0) is 60.8 Å². The van der Waals surface area contributed by atoms with Gasteiger partial charge in [-0.3, -0.25) is 0 Å². The van der Waals surface area contributed by atoms with Crippen LogP contribution in [0.3, 0.4) is 0 Å². The second-order valence-corrected chi connectivity index (χ2v) is 6.40. The van der Waals surface area contributed by atoms with Crippen molar-refractivity contribution in [2.45, 2.75) is 39.5 Å². The van der Waals surface area contributed by atoms with E-state index in [1.807, 2.05) is 0 Å². The van der Waals surface area contributed by atoms with Crippen LogP contribution in [0.1, 0.15) is 38.7 Å². The molecule has 0 aliphatic heterocycles. The van der Waals surface area contributed by atoms with E-state index in [-0.39, 0.29) is 0 Å². The number of benzene rings is 1. The Morgan fingerprint density at radius 3 is 2.41 bits per heavy atom. The van der Waals surface area contributed by atoms with Gasteiger partial charge in [-0.15, -0.1) is 0 Å². The smallest absolute Gasteiger partial charge is 0.0276 e. The Hall–Kier alpha value is -0.780. The summed E-state index contributed by atoms with van der Waals surface area (Å²) in [6.45, 7) is 4.97. The van der Waals surface area contributed by atoms with Crippen molar-refractivity contribution in [1.82, 2.24) is 0 Å². The second-order valence-electron chi connectivity index (χ2n) is 6.40. The quantitative estimate of drug-likeness (QED) is 0.712. The zero-order valence-corrected chi connectivity index (χ0v) is 11.1. The zero-order chi connectivity index (χ0) is 11.8. The van der Waals surface area contributed by atoms with Gasteiger partial charge in [0.05, 0.1) is 0 Å². The van der Waals surface area contributed by atoms with Gasteiger partial charge in [0.15, 0.2) is 0 Å². The summed E-state index contributed by atoms with van der Waals surface area (Å²) in [4.78, 5) is 0. The molecule has 0 aromatic heterocycles. The molecule has 0 radical (unpaired) electrons. The lowest BCUT2D eigenvalue weighted by molar-refractivity contribution is 0.182. The highest BCUT2D eigenvalue weighted by molar-refractivity contribution is 5.15. The van der Waals surface area contributed by atoms with E-state index in [4.69, 9.17) is 0 Å². The van der Waals surface area contributed by atoms with Crippen molar-refractivity contribution in [3.8, 4) is 0 Å². The van der Waals surface area contributed by atoms with Crippen molar-refractivity contribution in [2.75, 3.05) is 0 Å². The number of aryl methyl sites for hydroxylation is 1. The van der Waals surface area contributed by atoms with E-state index in [1.54, 1.807) is 0 Å².